The minimum absolute atomic E-state index is 0.250. The van der Waals surface area contributed by atoms with Crippen LogP contribution in [0.3, 0.4) is 0 Å². The van der Waals surface area contributed by atoms with Crippen molar-refractivity contribution in [2.24, 2.45) is 0 Å². The Labute approximate surface area is 132 Å². The Bertz CT molecular complexity index is 717. The predicted octanol–water partition coefficient (Wildman–Crippen LogP) is 5.01. The highest BCUT2D eigenvalue weighted by Crippen LogP contribution is 2.25. The topological polar surface area (TPSA) is 24.9 Å². The van der Waals surface area contributed by atoms with Crippen LogP contribution in [0.15, 0.2) is 60.8 Å². The predicted molar refractivity (Wildman–Crippen MR) is 92.9 cm³/mol. The van der Waals surface area contributed by atoms with Crippen molar-refractivity contribution in [3.8, 4) is 0 Å². The number of aromatic nitrogens is 1. The van der Waals surface area contributed by atoms with Crippen LogP contribution in [0.1, 0.15) is 18.5 Å². The summed E-state index contributed by atoms with van der Waals surface area (Å²) in [6.45, 7) is 2.17. The molecule has 1 aromatic heterocycles. The number of halogens is 1. The fraction of sp³-hybridized carbons (Fsp3) is 0.118. The number of nitrogens with zero attached hydrogens (tertiary/aromatic N) is 1. The van der Waals surface area contributed by atoms with Crippen LogP contribution in [-0.2, 0) is 0 Å². The van der Waals surface area contributed by atoms with Crippen molar-refractivity contribution in [1.29, 1.82) is 0 Å². The van der Waals surface area contributed by atoms with Gasteiger partial charge in [0.15, 0.2) is 0 Å². The van der Waals surface area contributed by atoms with E-state index in [0.29, 0.717) is 0 Å². The molecule has 0 saturated heterocycles. The summed E-state index contributed by atoms with van der Waals surface area (Å²) >= 11 is 2.32. The molecule has 0 aliphatic rings. The van der Waals surface area contributed by atoms with E-state index in [1.54, 1.807) is 0 Å². The number of hydrogen-bond donors (Lipinski definition) is 1. The van der Waals surface area contributed by atoms with E-state index in [1.165, 1.54) is 9.13 Å². The van der Waals surface area contributed by atoms with Crippen LogP contribution < -0.4 is 5.32 Å². The average molecular weight is 374 g/mol. The molecule has 0 bridgehead atoms. The van der Waals surface area contributed by atoms with E-state index in [9.17, 15) is 0 Å². The maximum Gasteiger partial charge on any atom is 0.0933 e. The second kappa shape index (κ2) is 5.79. The number of para-hydroxylation sites is 1. The van der Waals surface area contributed by atoms with Gasteiger partial charge in [0.25, 0.3) is 0 Å². The summed E-state index contributed by atoms with van der Waals surface area (Å²) in [5.74, 6) is 0. The van der Waals surface area contributed by atoms with Crippen LogP contribution in [-0.4, -0.2) is 4.98 Å². The third-order valence-electron chi connectivity index (χ3n) is 3.37. The van der Waals surface area contributed by atoms with E-state index in [1.807, 2.05) is 12.3 Å². The fourth-order valence-corrected chi connectivity index (χ4v) is 2.65. The molecule has 0 amide bonds. The largest absolute Gasteiger partial charge is 0.377 e. The van der Waals surface area contributed by atoms with Crippen molar-refractivity contribution in [2.75, 3.05) is 5.32 Å². The lowest BCUT2D eigenvalue weighted by molar-refractivity contribution is 0.885. The molecular formula is C17H15IN2. The van der Waals surface area contributed by atoms with Crippen LogP contribution in [0.2, 0.25) is 0 Å². The van der Waals surface area contributed by atoms with Crippen LogP contribution >= 0.6 is 22.6 Å². The van der Waals surface area contributed by atoms with Gasteiger partial charge in [-0.1, -0.05) is 30.3 Å². The van der Waals surface area contributed by atoms with Gasteiger partial charge in [-0.05, 0) is 59.3 Å². The normalized spacial score (nSPS) is 12.3. The highest BCUT2D eigenvalue weighted by molar-refractivity contribution is 14.1. The van der Waals surface area contributed by atoms with Crippen molar-refractivity contribution in [3.63, 3.8) is 0 Å². The lowest BCUT2D eigenvalue weighted by Gasteiger charge is -2.17. The van der Waals surface area contributed by atoms with Crippen molar-refractivity contribution < 1.29 is 0 Å². The van der Waals surface area contributed by atoms with Crippen molar-refractivity contribution in [2.45, 2.75) is 13.0 Å². The zero-order valence-electron chi connectivity index (χ0n) is 11.2. The number of rotatable bonds is 3. The van der Waals surface area contributed by atoms with Gasteiger partial charge < -0.3 is 5.32 Å². The third kappa shape index (κ3) is 2.77. The zero-order valence-corrected chi connectivity index (χ0v) is 13.3. The molecule has 0 radical (unpaired) electrons. The summed E-state index contributed by atoms with van der Waals surface area (Å²) in [6.07, 6.45) is 1.84. The fourth-order valence-electron chi connectivity index (χ4n) is 2.29. The Morgan fingerprint density at radius 3 is 2.55 bits per heavy atom. The number of benzene rings is 2. The summed E-state index contributed by atoms with van der Waals surface area (Å²) in [5, 5.41) is 4.72. The standard InChI is InChI=1S/C17H15IN2/c1-12(13-7-9-15(18)10-8-13)20-16-6-2-4-14-5-3-11-19-17(14)16/h2-12,20H,1H3. The Morgan fingerprint density at radius 2 is 1.75 bits per heavy atom. The quantitative estimate of drug-likeness (QED) is 0.652. The SMILES string of the molecule is CC(Nc1cccc2cccnc12)c1ccc(I)cc1. The molecule has 0 aliphatic carbocycles. The summed E-state index contributed by atoms with van der Waals surface area (Å²) in [6, 6.07) is 19.1. The van der Waals surface area contributed by atoms with Gasteiger partial charge in [0.05, 0.1) is 11.2 Å². The highest BCUT2D eigenvalue weighted by atomic mass is 127. The lowest BCUT2D eigenvalue weighted by Crippen LogP contribution is -2.07. The van der Waals surface area contributed by atoms with Gasteiger partial charge in [0, 0.05) is 21.2 Å². The molecule has 1 N–H and O–H groups in total. The molecule has 20 heavy (non-hydrogen) atoms. The van der Waals surface area contributed by atoms with Crippen molar-refractivity contribution >= 4 is 39.2 Å². The highest BCUT2D eigenvalue weighted by Gasteiger charge is 2.07. The van der Waals surface area contributed by atoms with Crippen molar-refractivity contribution in [3.05, 3.63) is 69.9 Å². The van der Waals surface area contributed by atoms with Gasteiger partial charge in [-0.25, -0.2) is 0 Å². The summed E-state index contributed by atoms with van der Waals surface area (Å²) in [4.78, 5) is 4.48. The molecule has 2 nitrogen and oxygen atoms in total. The van der Waals surface area contributed by atoms with Crippen LogP contribution in [0, 0.1) is 3.57 Å². The molecule has 0 aliphatic heterocycles. The molecule has 0 saturated carbocycles. The molecule has 0 spiro atoms. The van der Waals surface area contributed by atoms with Gasteiger partial charge in [-0.2, -0.15) is 0 Å². The van der Waals surface area contributed by atoms with Gasteiger partial charge in [-0.3, -0.25) is 4.98 Å². The van der Waals surface area contributed by atoms with Gasteiger partial charge in [0.2, 0.25) is 0 Å². The molecule has 2 aromatic carbocycles. The lowest BCUT2D eigenvalue weighted by atomic mass is 10.1. The number of anilines is 1. The summed E-state index contributed by atoms with van der Waals surface area (Å²) in [7, 11) is 0. The van der Waals surface area contributed by atoms with E-state index >= 15 is 0 Å². The smallest absolute Gasteiger partial charge is 0.0933 e. The van der Waals surface area contributed by atoms with Gasteiger partial charge in [-0.15, -0.1) is 0 Å². The first-order valence-electron chi connectivity index (χ1n) is 6.60. The number of fused-ring (bicyclic) bond motifs is 1. The first-order valence-corrected chi connectivity index (χ1v) is 7.67. The molecule has 1 heterocycles. The Hall–Kier alpha value is -1.62. The number of nitrogens with one attached hydrogen (secondary N) is 1. The maximum absolute atomic E-state index is 4.48. The molecule has 100 valence electrons. The molecule has 3 aromatic rings. The van der Waals surface area contributed by atoms with E-state index in [2.05, 4.69) is 88.3 Å². The Balaban J connectivity index is 1.91. The van der Waals surface area contributed by atoms with Gasteiger partial charge in [0.1, 0.15) is 0 Å². The third-order valence-corrected chi connectivity index (χ3v) is 4.09. The Kier molecular flexibility index (Phi) is 3.87. The summed E-state index contributed by atoms with van der Waals surface area (Å²) < 4.78 is 1.25. The number of hydrogen-bond acceptors (Lipinski definition) is 2. The van der Waals surface area contributed by atoms with Crippen LogP contribution in [0.4, 0.5) is 5.69 Å². The average Bonchev–Trinajstić information content (AvgIpc) is 2.48. The number of pyridine rings is 1. The molecule has 3 rings (SSSR count). The minimum Gasteiger partial charge on any atom is -0.377 e. The minimum atomic E-state index is 0.250. The molecule has 1 unspecified atom stereocenters. The molecule has 1 atom stereocenters. The maximum atomic E-state index is 4.48. The van der Waals surface area contributed by atoms with Crippen LogP contribution in [0.25, 0.3) is 10.9 Å². The van der Waals surface area contributed by atoms with Crippen LogP contribution in [0.5, 0.6) is 0 Å². The second-order valence-corrected chi connectivity index (χ2v) is 6.04. The first-order chi connectivity index (χ1) is 9.74. The first kappa shape index (κ1) is 13.4. The molecule has 0 fully saturated rings. The monoisotopic (exact) mass is 374 g/mol. The van der Waals surface area contributed by atoms with Crippen molar-refractivity contribution in [1.82, 2.24) is 4.98 Å². The van der Waals surface area contributed by atoms with E-state index in [4.69, 9.17) is 0 Å². The second-order valence-electron chi connectivity index (χ2n) is 4.80. The molecule has 3 heteroatoms. The summed E-state index contributed by atoms with van der Waals surface area (Å²) in [5.41, 5.74) is 3.37. The molecular weight excluding hydrogens is 359 g/mol. The van der Waals surface area contributed by atoms with E-state index < -0.39 is 0 Å². The Morgan fingerprint density at radius 1 is 1.00 bits per heavy atom. The zero-order chi connectivity index (χ0) is 13.9. The van der Waals surface area contributed by atoms with E-state index in [-0.39, 0.29) is 6.04 Å². The van der Waals surface area contributed by atoms with E-state index in [0.717, 1.165) is 16.6 Å². The van der Waals surface area contributed by atoms with Gasteiger partial charge >= 0.3 is 0 Å².